The van der Waals surface area contributed by atoms with Crippen molar-refractivity contribution in [2.75, 3.05) is 10.0 Å². The molecule has 1 heterocycles. The zero-order valence-corrected chi connectivity index (χ0v) is 13.2. The third-order valence-corrected chi connectivity index (χ3v) is 4.49. The Hall–Kier alpha value is -2.13. The lowest BCUT2D eigenvalue weighted by molar-refractivity contribution is -0.114. The fourth-order valence-electron chi connectivity index (χ4n) is 1.65. The van der Waals surface area contributed by atoms with Gasteiger partial charge in [-0.3, -0.25) is 9.52 Å². The van der Waals surface area contributed by atoms with Crippen LogP contribution in [0.5, 0.6) is 0 Å². The molecular weight excluding hydrogens is 335 g/mol. The molecule has 0 aliphatic rings. The number of carbonyl (C=O) groups is 1. The molecule has 0 saturated heterocycles. The first-order chi connectivity index (χ1) is 10.2. The molecule has 0 aliphatic heterocycles. The van der Waals surface area contributed by atoms with Crippen molar-refractivity contribution >= 4 is 38.9 Å². The molecule has 0 radical (unpaired) electrons. The monoisotopic (exact) mass is 346 g/mol. The van der Waals surface area contributed by atoms with E-state index in [2.05, 4.69) is 15.0 Å². The number of nitrogens with one attached hydrogen (secondary N) is 2. The van der Waals surface area contributed by atoms with E-state index in [1.807, 2.05) is 0 Å². The highest BCUT2D eigenvalue weighted by atomic mass is 35.5. The highest BCUT2D eigenvalue weighted by molar-refractivity contribution is 7.92. The number of hydrogen-bond acceptors (Lipinski definition) is 4. The number of benzene rings is 1. The number of imidazole rings is 1. The molecule has 0 atom stereocenters. The van der Waals surface area contributed by atoms with Gasteiger partial charge in [0, 0.05) is 14.0 Å². The van der Waals surface area contributed by atoms with Crippen molar-refractivity contribution in [3.05, 3.63) is 35.5 Å². The smallest absolute Gasteiger partial charge is 0.282 e. The standard InChI is InChI=1S/C12H12ClFN4O3S/c1-7(19)16-10-5-8(3-4-9(10)14)17-22(20,21)12-11(13)18(2)6-15-12/h3-6,17H,1-2H3,(H,16,19). The van der Waals surface area contributed by atoms with Crippen molar-refractivity contribution < 1.29 is 17.6 Å². The largest absolute Gasteiger partial charge is 0.324 e. The third-order valence-electron chi connectivity index (χ3n) is 2.62. The predicted molar refractivity (Wildman–Crippen MR) is 79.7 cm³/mol. The van der Waals surface area contributed by atoms with Gasteiger partial charge in [-0.1, -0.05) is 11.6 Å². The van der Waals surface area contributed by atoms with E-state index < -0.39 is 21.7 Å². The van der Waals surface area contributed by atoms with Crippen LogP contribution in [0.15, 0.2) is 29.6 Å². The molecule has 2 aromatic rings. The number of rotatable bonds is 4. The first kappa shape index (κ1) is 16.2. The van der Waals surface area contributed by atoms with Crippen LogP contribution in [-0.4, -0.2) is 23.9 Å². The highest BCUT2D eigenvalue weighted by Crippen LogP contribution is 2.24. The molecule has 0 spiro atoms. The summed E-state index contributed by atoms with van der Waals surface area (Å²) in [5.41, 5.74) is -0.0771. The molecule has 2 rings (SSSR count). The Labute approximate surface area is 131 Å². The summed E-state index contributed by atoms with van der Waals surface area (Å²) in [6.45, 7) is 1.21. The van der Waals surface area contributed by atoms with Crippen LogP contribution in [0, 0.1) is 5.82 Å². The molecule has 0 aliphatic carbocycles. The summed E-state index contributed by atoms with van der Waals surface area (Å²) >= 11 is 5.85. The van der Waals surface area contributed by atoms with E-state index in [4.69, 9.17) is 11.6 Å². The Morgan fingerprint density at radius 2 is 2.09 bits per heavy atom. The maximum absolute atomic E-state index is 13.5. The van der Waals surface area contributed by atoms with Gasteiger partial charge in [-0.05, 0) is 18.2 Å². The zero-order valence-electron chi connectivity index (χ0n) is 11.6. The predicted octanol–water partition coefficient (Wildman–Crippen LogP) is 1.97. The van der Waals surface area contributed by atoms with Gasteiger partial charge in [-0.25, -0.2) is 9.37 Å². The average Bonchev–Trinajstić information content (AvgIpc) is 2.74. The van der Waals surface area contributed by atoms with Gasteiger partial charge in [0.2, 0.25) is 10.9 Å². The Morgan fingerprint density at radius 3 is 2.64 bits per heavy atom. The first-order valence-electron chi connectivity index (χ1n) is 5.97. The average molecular weight is 347 g/mol. The van der Waals surface area contributed by atoms with E-state index in [0.29, 0.717) is 0 Å². The number of anilines is 2. The van der Waals surface area contributed by atoms with Crippen molar-refractivity contribution in [2.24, 2.45) is 7.05 Å². The molecule has 7 nitrogen and oxygen atoms in total. The van der Waals surface area contributed by atoms with Gasteiger partial charge in [0.15, 0.2) is 0 Å². The van der Waals surface area contributed by atoms with E-state index >= 15 is 0 Å². The topological polar surface area (TPSA) is 93.1 Å². The van der Waals surface area contributed by atoms with E-state index in [-0.39, 0.29) is 21.6 Å². The number of halogens is 2. The second-order valence-corrected chi connectivity index (χ2v) is 6.39. The van der Waals surface area contributed by atoms with Crippen molar-refractivity contribution in [3.8, 4) is 0 Å². The van der Waals surface area contributed by atoms with E-state index in [1.165, 1.54) is 23.9 Å². The normalized spacial score (nSPS) is 11.3. The molecule has 0 fully saturated rings. The van der Waals surface area contributed by atoms with Gasteiger partial charge in [0.1, 0.15) is 11.0 Å². The van der Waals surface area contributed by atoms with Crippen LogP contribution in [-0.2, 0) is 21.9 Å². The number of sulfonamides is 1. The molecule has 2 N–H and O–H groups in total. The number of nitrogens with zero attached hydrogens (tertiary/aromatic N) is 2. The molecular formula is C12H12ClFN4O3S. The summed E-state index contributed by atoms with van der Waals surface area (Å²) in [6, 6.07) is 3.41. The van der Waals surface area contributed by atoms with Gasteiger partial charge in [0.25, 0.3) is 10.0 Å². The number of hydrogen-bond donors (Lipinski definition) is 2. The zero-order chi connectivity index (χ0) is 16.5. The summed E-state index contributed by atoms with van der Waals surface area (Å²) in [6.07, 6.45) is 1.25. The van der Waals surface area contributed by atoms with Gasteiger partial charge >= 0.3 is 0 Å². The molecule has 0 unspecified atom stereocenters. The van der Waals surface area contributed by atoms with E-state index in [0.717, 1.165) is 12.1 Å². The van der Waals surface area contributed by atoms with Crippen molar-refractivity contribution in [1.29, 1.82) is 0 Å². The van der Waals surface area contributed by atoms with E-state index in [9.17, 15) is 17.6 Å². The number of aromatic nitrogens is 2. The minimum absolute atomic E-state index is 0.0586. The van der Waals surface area contributed by atoms with Gasteiger partial charge in [0.05, 0.1) is 17.7 Å². The van der Waals surface area contributed by atoms with Crippen molar-refractivity contribution in [1.82, 2.24) is 9.55 Å². The molecule has 1 aromatic carbocycles. The molecule has 10 heteroatoms. The Bertz CT molecular complexity index is 835. The van der Waals surface area contributed by atoms with Crippen LogP contribution in [0.3, 0.4) is 0 Å². The van der Waals surface area contributed by atoms with E-state index in [1.54, 1.807) is 7.05 Å². The van der Waals surface area contributed by atoms with Crippen LogP contribution in [0.2, 0.25) is 5.15 Å². The lowest BCUT2D eigenvalue weighted by atomic mass is 10.2. The Kier molecular flexibility index (Phi) is 4.38. The van der Waals surface area contributed by atoms with Crippen LogP contribution in [0.25, 0.3) is 0 Å². The van der Waals surface area contributed by atoms with Crippen LogP contribution in [0.1, 0.15) is 6.92 Å². The van der Waals surface area contributed by atoms with Gasteiger partial charge < -0.3 is 9.88 Å². The molecule has 0 saturated carbocycles. The summed E-state index contributed by atoms with van der Waals surface area (Å²) in [4.78, 5) is 14.7. The Balaban J connectivity index is 2.34. The molecule has 118 valence electrons. The minimum Gasteiger partial charge on any atom is -0.324 e. The Morgan fingerprint density at radius 1 is 1.41 bits per heavy atom. The first-order valence-corrected chi connectivity index (χ1v) is 7.83. The summed E-state index contributed by atoms with van der Waals surface area (Å²) in [7, 11) is -2.49. The number of aryl methyl sites for hydroxylation is 1. The van der Waals surface area contributed by atoms with Crippen LogP contribution >= 0.6 is 11.6 Å². The third kappa shape index (κ3) is 3.37. The summed E-state index contributed by atoms with van der Waals surface area (Å²) in [5, 5.41) is 1.86. The highest BCUT2D eigenvalue weighted by Gasteiger charge is 2.22. The van der Waals surface area contributed by atoms with Crippen LogP contribution in [0.4, 0.5) is 15.8 Å². The maximum Gasteiger partial charge on any atom is 0.282 e. The van der Waals surface area contributed by atoms with Gasteiger partial charge in [-0.15, -0.1) is 0 Å². The molecule has 1 amide bonds. The number of carbonyl (C=O) groups excluding carboxylic acids is 1. The lowest BCUT2D eigenvalue weighted by Crippen LogP contribution is -2.15. The summed E-state index contributed by atoms with van der Waals surface area (Å²) < 4.78 is 41.5. The fourth-order valence-corrected chi connectivity index (χ4v) is 3.13. The fraction of sp³-hybridized carbons (Fsp3) is 0.167. The maximum atomic E-state index is 13.5. The molecule has 1 aromatic heterocycles. The molecule has 22 heavy (non-hydrogen) atoms. The van der Waals surface area contributed by atoms with Gasteiger partial charge in [-0.2, -0.15) is 8.42 Å². The minimum atomic E-state index is -4.03. The van der Waals surface area contributed by atoms with Crippen LogP contribution < -0.4 is 10.0 Å². The van der Waals surface area contributed by atoms with Crippen molar-refractivity contribution in [3.63, 3.8) is 0 Å². The SMILES string of the molecule is CC(=O)Nc1cc(NS(=O)(=O)c2ncn(C)c2Cl)ccc1F. The second-order valence-electron chi connectivity index (χ2n) is 4.43. The second kappa shape index (κ2) is 5.93. The van der Waals surface area contributed by atoms with Crippen molar-refractivity contribution in [2.45, 2.75) is 11.9 Å². The number of amides is 1. The lowest BCUT2D eigenvalue weighted by Gasteiger charge is -2.09. The summed E-state index contributed by atoms with van der Waals surface area (Å²) in [5.74, 6) is -1.17. The quantitative estimate of drug-likeness (QED) is 0.885. The molecule has 0 bridgehead atoms.